The summed E-state index contributed by atoms with van der Waals surface area (Å²) in [6, 6.07) is 8.15. The Morgan fingerprint density at radius 1 is 1.15 bits per heavy atom. The standard InChI is InChI=1S/C20H34N4O2/c1-15(2)14-26-17-9-7-16(8-10-17)11-12-22-19(21-6)23-13-18(25)24-20(3,4)5/h7-10,15H,11-14H2,1-6H3,(H,24,25)(H2,21,22,23). The molecule has 0 saturated heterocycles. The summed E-state index contributed by atoms with van der Waals surface area (Å²) in [5, 5.41) is 9.15. The summed E-state index contributed by atoms with van der Waals surface area (Å²) in [6.45, 7) is 11.8. The van der Waals surface area contributed by atoms with Crippen molar-refractivity contribution in [2.45, 2.75) is 46.6 Å². The topological polar surface area (TPSA) is 74.8 Å². The van der Waals surface area contributed by atoms with Gasteiger partial charge in [0.1, 0.15) is 5.75 Å². The third-order valence-corrected chi connectivity index (χ3v) is 3.37. The van der Waals surface area contributed by atoms with Gasteiger partial charge in [-0.1, -0.05) is 26.0 Å². The van der Waals surface area contributed by atoms with Crippen LogP contribution in [0.4, 0.5) is 0 Å². The van der Waals surface area contributed by atoms with Gasteiger partial charge in [-0.05, 0) is 50.8 Å². The molecule has 146 valence electrons. The lowest BCUT2D eigenvalue weighted by Crippen LogP contribution is -2.48. The van der Waals surface area contributed by atoms with Crippen LogP contribution in [0.15, 0.2) is 29.3 Å². The number of amides is 1. The molecule has 0 spiro atoms. The molecule has 1 rings (SSSR count). The Labute approximate surface area is 157 Å². The van der Waals surface area contributed by atoms with Crippen molar-refractivity contribution in [3.05, 3.63) is 29.8 Å². The first-order chi connectivity index (χ1) is 12.2. The SMILES string of the molecule is CN=C(NCCc1ccc(OCC(C)C)cc1)NCC(=O)NC(C)(C)C. The van der Waals surface area contributed by atoms with E-state index in [1.54, 1.807) is 7.05 Å². The monoisotopic (exact) mass is 362 g/mol. The van der Waals surface area contributed by atoms with E-state index in [0.717, 1.165) is 25.3 Å². The fourth-order valence-electron chi connectivity index (χ4n) is 2.19. The molecule has 1 aromatic carbocycles. The minimum Gasteiger partial charge on any atom is -0.493 e. The quantitative estimate of drug-likeness (QED) is 0.490. The average Bonchev–Trinajstić information content (AvgIpc) is 2.55. The van der Waals surface area contributed by atoms with E-state index in [4.69, 9.17) is 4.74 Å². The number of aliphatic imine (C=N–C) groups is 1. The van der Waals surface area contributed by atoms with Crippen molar-refractivity contribution in [3.8, 4) is 5.75 Å². The van der Waals surface area contributed by atoms with Crippen LogP contribution in [0, 0.1) is 5.92 Å². The molecule has 1 amide bonds. The van der Waals surface area contributed by atoms with E-state index in [0.29, 0.717) is 11.9 Å². The third kappa shape index (κ3) is 9.91. The molecule has 6 nitrogen and oxygen atoms in total. The minimum absolute atomic E-state index is 0.0579. The number of rotatable bonds is 8. The van der Waals surface area contributed by atoms with Crippen molar-refractivity contribution < 1.29 is 9.53 Å². The number of hydrogen-bond acceptors (Lipinski definition) is 3. The zero-order chi connectivity index (χ0) is 19.6. The maximum atomic E-state index is 11.8. The lowest BCUT2D eigenvalue weighted by atomic mass is 10.1. The zero-order valence-electron chi connectivity index (χ0n) is 17.0. The Morgan fingerprint density at radius 3 is 2.35 bits per heavy atom. The minimum atomic E-state index is -0.235. The molecule has 0 aromatic heterocycles. The van der Waals surface area contributed by atoms with Crippen LogP contribution in [0.5, 0.6) is 5.75 Å². The van der Waals surface area contributed by atoms with Gasteiger partial charge in [0.05, 0.1) is 13.2 Å². The molecule has 0 unspecified atom stereocenters. The van der Waals surface area contributed by atoms with Crippen LogP contribution >= 0.6 is 0 Å². The predicted octanol–water partition coefficient (Wildman–Crippen LogP) is 2.34. The highest BCUT2D eigenvalue weighted by molar-refractivity contribution is 5.86. The second kappa shape index (κ2) is 10.7. The molecule has 6 heteroatoms. The first kappa shape index (κ1) is 21.8. The summed E-state index contributed by atoms with van der Waals surface area (Å²) in [7, 11) is 1.69. The van der Waals surface area contributed by atoms with Crippen molar-refractivity contribution in [3.63, 3.8) is 0 Å². The van der Waals surface area contributed by atoms with Gasteiger partial charge in [0.15, 0.2) is 5.96 Å². The highest BCUT2D eigenvalue weighted by Gasteiger charge is 2.13. The van der Waals surface area contributed by atoms with E-state index in [1.165, 1.54) is 5.56 Å². The summed E-state index contributed by atoms with van der Waals surface area (Å²) < 4.78 is 5.69. The van der Waals surface area contributed by atoms with Gasteiger partial charge in [-0.15, -0.1) is 0 Å². The van der Waals surface area contributed by atoms with Crippen LogP contribution in [-0.4, -0.2) is 44.1 Å². The third-order valence-electron chi connectivity index (χ3n) is 3.37. The average molecular weight is 363 g/mol. The van der Waals surface area contributed by atoms with Gasteiger partial charge < -0.3 is 20.7 Å². The molecule has 0 aliphatic rings. The van der Waals surface area contributed by atoms with Crippen molar-refractivity contribution in [2.75, 3.05) is 26.7 Å². The van der Waals surface area contributed by atoms with Crippen LogP contribution in [0.25, 0.3) is 0 Å². The van der Waals surface area contributed by atoms with Crippen LogP contribution in [0.2, 0.25) is 0 Å². The fraction of sp³-hybridized carbons (Fsp3) is 0.600. The van der Waals surface area contributed by atoms with Crippen LogP contribution in [0.3, 0.4) is 0 Å². The van der Waals surface area contributed by atoms with Gasteiger partial charge in [0.25, 0.3) is 0 Å². The Bertz CT molecular complexity index is 574. The van der Waals surface area contributed by atoms with Crippen LogP contribution in [-0.2, 0) is 11.2 Å². The molecule has 3 N–H and O–H groups in total. The Morgan fingerprint density at radius 2 is 1.81 bits per heavy atom. The highest BCUT2D eigenvalue weighted by Crippen LogP contribution is 2.13. The van der Waals surface area contributed by atoms with E-state index in [-0.39, 0.29) is 18.0 Å². The van der Waals surface area contributed by atoms with Gasteiger partial charge in [0.2, 0.25) is 5.91 Å². The number of benzene rings is 1. The van der Waals surface area contributed by atoms with Gasteiger partial charge in [0, 0.05) is 19.1 Å². The molecule has 0 radical (unpaired) electrons. The summed E-state index contributed by atoms with van der Waals surface area (Å²) in [5.74, 6) is 1.98. The Balaban J connectivity index is 2.33. The van der Waals surface area contributed by atoms with Crippen molar-refractivity contribution >= 4 is 11.9 Å². The molecule has 0 aliphatic heterocycles. The maximum Gasteiger partial charge on any atom is 0.239 e. The normalized spacial score (nSPS) is 12.0. The molecule has 1 aromatic rings. The van der Waals surface area contributed by atoms with Crippen molar-refractivity contribution in [1.82, 2.24) is 16.0 Å². The second-order valence-corrected chi connectivity index (χ2v) is 7.75. The van der Waals surface area contributed by atoms with E-state index >= 15 is 0 Å². The lowest BCUT2D eigenvalue weighted by molar-refractivity contribution is -0.121. The van der Waals surface area contributed by atoms with E-state index < -0.39 is 0 Å². The van der Waals surface area contributed by atoms with Crippen molar-refractivity contribution in [2.24, 2.45) is 10.9 Å². The molecule has 0 atom stereocenters. The summed E-state index contributed by atoms with van der Waals surface area (Å²) in [4.78, 5) is 16.0. The van der Waals surface area contributed by atoms with Gasteiger partial charge in [-0.3, -0.25) is 9.79 Å². The number of nitrogens with zero attached hydrogens (tertiary/aromatic N) is 1. The van der Waals surface area contributed by atoms with Gasteiger partial charge in [-0.25, -0.2) is 0 Å². The summed E-state index contributed by atoms with van der Waals surface area (Å²) in [6.07, 6.45) is 0.860. The van der Waals surface area contributed by atoms with Gasteiger partial charge in [-0.2, -0.15) is 0 Å². The first-order valence-corrected chi connectivity index (χ1v) is 9.17. The van der Waals surface area contributed by atoms with E-state index in [9.17, 15) is 4.79 Å². The number of hydrogen-bond donors (Lipinski definition) is 3. The molecule has 0 fully saturated rings. The van der Waals surface area contributed by atoms with E-state index in [1.807, 2.05) is 32.9 Å². The van der Waals surface area contributed by atoms with E-state index in [2.05, 4.69) is 46.9 Å². The number of ether oxygens (including phenoxy) is 1. The Kier molecular flexibility index (Phi) is 8.96. The van der Waals surface area contributed by atoms with Gasteiger partial charge >= 0.3 is 0 Å². The highest BCUT2D eigenvalue weighted by atomic mass is 16.5. The van der Waals surface area contributed by atoms with Crippen LogP contribution in [0.1, 0.15) is 40.2 Å². The molecular weight excluding hydrogens is 328 g/mol. The molecule has 26 heavy (non-hydrogen) atoms. The summed E-state index contributed by atoms with van der Waals surface area (Å²) >= 11 is 0. The smallest absolute Gasteiger partial charge is 0.239 e. The lowest BCUT2D eigenvalue weighted by Gasteiger charge is -2.21. The molecule has 0 aliphatic carbocycles. The summed E-state index contributed by atoms with van der Waals surface area (Å²) in [5.41, 5.74) is 0.983. The number of guanidine groups is 1. The van der Waals surface area contributed by atoms with Crippen molar-refractivity contribution in [1.29, 1.82) is 0 Å². The molecule has 0 bridgehead atoms. The predicted molar refractivity (Wildman–Crippen MR) is 108 cm³/mol. The first-order valence-electron chi connectivity index (χ1n) is 9.17. The molecule has 0 saturated carbocycles. The fourth-order valence-corrected chi connectivity index (χ4v) is 2.19. The number of nitrogens with one attached hydrogen (secondary N) is 3. The zero-order valence-corrected chi connectivity index (χ0v) is 17.0. The van der Waals surface area contributed by atoms with Crippen LogP contribution < -0.4 is 20.7 Å². The second-order valence-electron chi connectivity index (χ2n) is 7.75. The Hall–Kier alpha value is -2.24. The maximum absolute atomic E-state index is 11.8. The number of carbonyl (C=O) groups excluding carboxylic acids is 1. The molecular formula is C20H34N4O2. The number of carbonyl (C=O) groups is 1. The largest absolute Gasteiger partial charge is 0.493 e. The molecule has 0 heterocycles.